The van der Waals surface area contributed by atoms with Crippen LogP contribution in [0.1, 0.15) is 27.2 Å². The van der Waals surface area contributed by atoms with E-state index in [-0.39, 0.29) is 29.5 Å². The molecule has 0 aromatic carbocycles. The second-order valence-electron chi connectivity index (χ2n) is 9.65. The van der Waals surface area contributed by atoms with E-state index < -0.39 is 41.5 Å². The number of hydrogen-bond acceptors (Lipinski definition) is 6. The molecule has 9 heteroatoms. The van der Waals surface area contributed by atoms with Crippen LogP contribution in [0, 0.1) is 11.8 Å². The Bertz CT molecular complexity index is 1050. The molecule has 0 spiro atoms. The van der Waals surface area contributed by atoms with Gasteiger partial charge in [-0.05, 0) is 57.1 Å². The summed E-state index contributed by atoms with van der Waals surface area (Å²) in [7, 11) is 1.20. The highest BCUT2D eigenvalue weighted by atomic mass is 19.1. The van der Waals surface area contributed by atoms with Gasteiger partial charge in [0.25, 0.3) is 0 Å². The number of alkyl halides is 2. The van der Waals surface area contributed by atoms with E-state index in [0.29, 0.717) is 6.42 Å². The maximum Gasteiger partial charge on any atom is 0.330 e. The first-order valence-corrected chi connectivity index (χ1v) is 11.4. The van der Waals surface area contributed by atoms with Gasteiger partial charge in [0.1, 0.15) is 23.4 Å². The van der Waals surface area contributed by atoms with Crippen LogP contribution < -0.4 is 0 Å². The summed E-state index contributed by atoms with van der Waals surface area (Å²) in [6.07, 6.45) is 9.29. The number of carbonyl (C=O) groups is 1. The number of fused-ring (bicyclic) bond motifs is 1. The molecule has 0 radical (unpaired) electrons. The Kier molecular flexibility index (Phi) is 8.10. The Morgan fingerprint density at radius 1 is 1.37 bits per heavy atom. The van der Waals surface area contributed by atoms with Gasteiger partial charge >= 0.3 is 5.97 Å². The van der Waals surface area contributed by atoms with Gasteiger partial charge in [-0.1, -0.05) is 22.9 Å². The Morgan fingerprint density at radius 3 is 2.69 bits per heavy atom. The molecule has 0 amide bonds. The third-order valence-electron chi connectivity index (χ3n) is 6.43. The van der Waals surface area contributed by atoms with Crippen molar-refractivity contribution in [2.45, 2.75) is 51.1 Å². The summed E-state index contributed by atoms with van der Waals surface area (Å²) in [5.41, 5.74) is -0.455. The van der Waals surface area contributed by atoms with E-state index in [0.717, 1.165) is 17.9 Å². The van der Waals surface area contributed by atoms with Gasteiger partial charge in [0.15, 0.2) is 0 Å². The number of rotatable bonds is 6. The molecule has 2 aliphatic carbocycles. The van der Waals surface area contributed by atoms with E-state index in [1.807, 2.05) is 6.92 Å². The second kappa shape index (κ2) is 10.7. The van der Waals surface area contributed by atoms with Crippen LogP contribution in [0.5, 0.6) is 0 Å². The minimum Gasteiger partial charge on any atom is -0.507 e. The molecule has 1 heterocycles. The largest absolute Gasteiger partial charge is 0.507 e. The van der Waals surface area contributed by atoms with Gasteiger partial charge in [-0.2, -0.15) is 0 Å². The van der Waals surface area contributed by atoms with Crippen molar-refractivity contribution in [2.75, 3.05) is 13.7 Å². The van der Waals surface area contributed by atoms with E-state index in [1.54, 1.807) is 11.0 Å². The summed E-state index contributed by atoms with van der Waals surface area (Å²) in [5, 5.41) is 22.4. The molecule has 1 aliphatic heterocycles. The fraction of sp³-hybridized carbons (Fsp3) is 0.462. The number of methoxy groups -OCH3 is 1. The van der Waals surface area contributed by atoms with Crippen molar-refractivity contribution in [2.24, 2.45) is 17.0 Å². The molecule has 5 unspecified atom stereocenters. The van der Waals surface area contributed by atoms with Gasteiger partial charge in [-0.25, -0.2) is 18.0 Å². The highest BCUT2D eigenvalue weighted by molar-refractivity contribution is 5.83. The zero-order valence-corrected chi connectivity index (χ0v) is 20.2. The first-order valence-electron chi connectivity index (χ1n) is 11.4. The van der Waals surface area contributed by atoms with Crippen molar-refractivity contribution >= 4 is 12.2 Å². The standard InChI is InChI=1S/C26H31F3N2O4/c1-15-9-18-12-22(32)17(13-30-34)6-7-19(18)25(31(15)14-26(2,3)29)24-20(27)10-16(11-21(24)28)5-8-23(33)35-4/h5-8,10-13,15,19-20,24-25,32,34H,9,14H2,1-4H3/b8-5+,30-13+. The lowest BCUT2D eigenvalue weighted by atomic mass is 9.72. The lowest BCUT2D eigenvalue weighted by Gasteiger charge is -2.50. The molecular formula is C26H31F3N2O4. The van der Waals surface area contributed by atoms with E-state index in [1.165, 1.54) is 51.3 Å². The summed E-state index contributed by atoms with van der Waals surface area (Å²) < 4.78 is 50.6. The minimum absolute atomic E-state index is 0.0455. The zero-order chi connectivity index (χ0) is 25.9. The number of aliphatic hydroxyl groups is 1. The van der Waals surface area contributed by atoms with Crippen LogP contribution in [0.15, 0.2) is 76.0 Å². The SMILES string of the molecule is COC(=O)/C=C/C1=CC(F)C(C2C3C=CC(/C=N/O)=C(O)C=C3CC(C)N2CC(C)(C)F)C(F)=C1. The van der Waals surface area contributed by atoms with Crippen LogP contribution in [-0.2, 0) is 9.53 Å². The van der Waals surface area contributed by atoms with Crippen molar-refractivity contribution in [1.82, 2.24) is 4.90 Å². The van der Waals surface area contributed by atoms with Crippen molar-refractivity contribution in [3.05, 3.63) is 70.8 Å². The molecule has 3 aliphatic rings. The summed E-state index contributed by atoms with van der Waals surface area (Å²) in [5.74, 6) is -3.29. The molecule has 0 saturated carbocycles. The summed E-state index contributed by atoms with van der Waals surface area (Å²) in [4.78, 5) is 13.2. The van der Waals surface area contributed by atoms with Crippen LogP contribution in [0.3, 0.4) is 0 Å². The van der Waals surface area contributed by atoms with E-state index in [9.17, 15) is 14.3 Å². The molecule has 0 bridgehead atoms. The highest BCUT2D eigenvalue weighted by Crippen LogP contribution is 2.45. The number of ether oxygens (including phenoxy) is 1. The third kappa shape index (κ3) is 6.14. The van der Waals surface area contributed by atoms with Crippen molar-refractivity contribution in [3.63, 3.8) is 0 Å². The minimum atomic E-state index is -1.75. The number of esters is 1. The first-order chi connectivity index (χ1) is 16.4. The predicted octanol–water partition coefficient (Wildman–Crippen LogP) is 5.06. The van der Waals surface area contributed by atoms with Crippen molar-refractivity contribution in [3.8, 4) is 0 Å². The van der Waals surface area contributed by atoms with Gasteiger partial charge in [0, 0.05) is 36.2 Å². The number of aliphatic hydroxyl groups excluding tert-OH is 1. The van der Waals surface area contributed by atoms with E-state index in [2.05, 4.69) is 9.89 Å². The Hall–Kier alpha value is -3.07. The van der Waals surface area contributed by atoms with Crippen LogP contribution >= 0.6 is 0 Å². The Balaban J connectivity index is 2.06. The number of halogens is 3. The lowest BCUT2D eigenvalue weighted by molar-refractivity contribution is -0.134. The fourth-order valence-corrected chi connectivity index (χ4v) is 4.99. The fourth-order valence-electron chi connectivity index (χ4n) is 4.99. The number of hydrogen-bond donors (Lipinski definition) is 2. The monoisotopic (exact) mass is 492 g/mol. The molecular weight excluding hydrogens is 461 g/mol. The molecule has 1 saturated heterocycles. The molecule has 2 N–H and O–H groups in total. The van der Waals surface area contributed by atoms with Crippen molar-refractivity contribution < 1.29 is 33.0 Å². The second-order valence-corrected chi connectivity index (χ2v) is 9.65. The lowest BCUT2D eigenvalue weighted by Crippen LogP contribution is -2.58. The van der Waals surface area contributed by atoms with Crippen LogP contribution in [0.4, 0.5) is 13.2 Å². The summed E-state index contributed by atoms with van der Waals surface area (Å²) in [6.45, 7) is 4.66. The Morgan fingerprint density at radius 2 is 2.09 bits per heavy atom. The summed E-state index contributed by atoms with van der Waals surface area (Å²) >= 11 is 0. The quantitative estimate of drug-likeness (QED) is 0.178. The third-order valence-corrected chi connectivity index (χ3v) is 6.43. The topological polar surface area (TPSA) is 82.4 Å². The average molecular weight is 493 g/mol. The predicted molar refractivity (Wildman–Crippen MR) is 127 cm³/mol. The van der Waals surface area contributed by atoms with Crippen LogP contribution in [0.2, 0.25) is 0 Å². The van der Waals surface area contributed by atoms with Gasteiger partial charge in [-0.3, -0.25) is 4.90 Å². The van der Waals surface area contributed by atoms with Crippen LogP contribution in [0.25, 0.3) is 0 Å². The molecule has 35 heavy (non-hydrogen) atoms. The molecule has 0 aromatic heterocycles. The molecule has 5 atom stereocenters. The van der Waals surface area contributed by atoms with E-state index >= 15 is 8.78 Å². The normalized spacial score (nSPS) is 30.1. The molecule has 0 aromatic rings. The molecule has 6 nitrogen and oxygen atoms in total. The average Bonchev–Trinajstić information content (AvgIpc) is 2.91. The van der Waals surface area contributed by atoms with Gasteiger partial charge in [0.05, 0.1) is 19.2 Å². The zero-order valence-electron chi connectivity index (χ0n) is 20.2. The number of carbonyl (C=O) groups excluding carboxylic acids is 1. The van der Waals surface area contributed by atoms with E-state index in [4.69, 9.17) is 5.21 Å². The van der Waals surface area contributed by atoms with Gasteiger partial charge in [0.2, 0.25) is 0 Å². The number of piperidine rings is 1. The Labute approximate surface area is 203 Å². The number of allylic oxidation sites excluding steroid dienone is 7. The maximum absolute atomic E-state index is 15.6. The van der Waals surface area contributed by atoms with Crippen LogP contribution in [-0.4, -0.2) is 65.0 Å². The molecule has 190 valence electrons. The molecule has 3 rings (SSSR count). The first kappa shape index (κ1) is 26.5. The number of oxime groups is 1. The highest BCUT2D eigenvalue weighted by Gasteiger charge is 2.48. The van der Waals surface area contributed by atoms with Crippen molar-refractivity contribution in [1.29, 1.82) is 0 Å². The number of nitrogens with zero attached hydrogens (tertiary/aromatic N) is 2. The van der Waals surface area contributed by atoms with Gasteiger partial charge in [-0.15, -0.1) is 0 Å². The summed E-state index contributed by atoms with van der Waals surface area (Å²) in [6, 6.07) is -1.07. The smallest absolute Gasteiger partial charge is 0.330 e. The maximum atomic E-state index is 15.6. The molecule has 1 fully saturated rings. The van der Waals surface area contributed by atoms with Gasteiger partial charge < -0.3 is 15.1 Å². The number of likely N-dealkylation sites (tertiary alicyclic amines) is 1.